The Balaban J connectivity index is 1.99. The summed E-state index contributed by atoms with van der Waals surface area (Å²) in [4.78, 5) is 14.1. The van der Waals surface area contributed by atoms with Gasteiger partial charge < -0.3 is 10.6 Å². The molecule has 2 unspecified atom stereocenters. The van der Waals surface area contributed by atoms with E-state index in [1.165, 1.54) is 0 Å². The molecule has 17 heavy (non-hydrogen) atoms. The molecular formula is C11H18N4OS. The van der Waals surface area contributed by atoms with Gasteiger partial charge in [-0.1, -0.05) is 6.92 Å². The minimum absolute atomic E-state index is 0.118. The second-order valence-corrected chi connectivity index (χ2v) is 5.86. The Hall–Kier alpha value is -1.17. The Morgan fingerprint density at radius 2 is 2.41 bits per heavy atom. The molecule has 0 aliphatic carbocycles. The number of nitrogens with zero attached hydrogens (tertiary/aromatic N) is 3. The fourth-order valence-corrected chi connectivity index (χ4v) is 3.08. The molecule has 0 saturated carbocycles. The molecule has 1 fully saturated rings. The predicted octanol–water partition coefficient (Wildman–Crippen LogP) is 0.818. The number of nitrogen functional groups attached to an aromatic ring is 1. The highest BCUT2D eigenvalue weighted by Crippen LogP contribution is 2.24. The molecule has 1 aromatic heterocycles. The van der Waals surface area contributed by atoms with Crippen LogP contribution >= 0.6 is 11.8 Å². The van der Waals surface area contributed by atoms with Crippen LogP contribution in [0.4, 0.5) is 5.69 Å². The Bertz CT molecular complexity index is 406. The fourth-order valence-electron chi connectivity index (χ4n) is 1.98. The largest absolute Gasteiger partial charge is 0.396 e. The summed E-state index contributed by atoms with van der Waals surface area (Å²) in [6.45, 7) is 5.37. The molecule has 2 rings (SSSR count). The van der Waals surface area contributed by atoms with Crippen molar-refractivity contribution in [3.8, 4) is 0 Å². The topological polar surface area (TPSA) is 64.2 Å². The van der Waals surface area contributed by atoms with Gasteiger partial charge in [0, 0.05) is 29.8 Å². The van der Waals surface area contributed by atoms with Crippen molar-refractivity contribution in [2.75, 3.05) is 18.0 Å². The van der Waals surface area contributed by atoms with E-state index >= 15 is 0 Å². The van der Waals surface area contributed by atoms with E-state index in [2.05, 4.69) is 18.9 Å². The molecule has 0 aromatic carbocycles. The number of hydrogen-bond donors (Lipinski definition) is 1. The second-order valence-electron chi connectivity index (χ2n) is 4.37. The normalized spacial score (nSPS) is 24.9. The van der Waals surface area contributed by atoms with E-state index in [0.29, 0.717) is 10.9 Å². The number of amides is 1. The highest BCUT2D eigenvalue weighted by atomic mass is 32.2. The lowest BCUT2D eigenvalue weighted by Gasteiger charge is -2.37. The Morgan fingerprint density at radius 1 is 1.65 bits per heavy atom. The molecule has 1 aromatic rings. The van der Waals surface area contributed by atoms with Crippen LogP contribution in [0.5, 0.6) is 0 Å². The number of carbonyl (C=O) groups excluding carboxylic acids is 1. The molecular weight excluding hydrogens is 236 g/mol. The van der Waals surface area contributed by atoms with Crippen LogP contribution in [-0.4, -0.2) is 44.2 Å². The molecule has 5 nitrogen and oxygen atoms in total. The van der Waals surface area contributed by atoms with Gasteiger partial charge in [0.05, 0.1) is 11.9 Å². The van der Waals surface area contributed by atoms with Crippen LogP contribution < -0.4 is 5.73 Å². The Labute approximate surface area is 105 Å². The lowest BCUT2D eigenvalue weighted by atomic mass is 10.2. The average molecular weight is 254 g/mol. The Morgan fingerprint density at radius 3 is 3.06 bits per heavy atom. The molecule has 0 radical (unpaired) electrons. The third kappa shape index (κ3) is 2.74. The smallest absolute Gasteiger partial charge is 0.244 e. The van der Waals surface area contributed by atoms with E-state index in [1.807, 2.05) is 16.7 Å². The van der Waals surface area contributed by atoms with E-state index in [0.717, 1.165) is 12.3 Å². The molecule has 0 spiro atoms. The Kier molecular flexibility index (Phi) is 3.61. The molecule has 2 N–H and O–H groups in total. The van der Waals surface area contributed by atoms with Crippen molar-refractivity contribution in [2.45, 2.75) is 31.7 Å². The van der Waals surface area contributed by atoms with E-state index in [4.69, 9.17) is 5.73 Å². The van der Waals surface area contributed by atoms with Gasteiger partial charge in [-0.2, -0.15) is 16.9 Å². The molecule has 0 bridgehead atoms. The zero-order valence-electron chi connectivity index (χ0n) is 10.2. The summed E-state index contributed by atoms with van der Waals surface area (Å²) in [5.74, 6) is 1.13. The molecule has 1 amide bonds. The first-order valence-electron chi connectivity index (χ1n) is 5.77. The quantitative estimate of drug-likeness (QED) is 0.848. The second kappa shape index (κ2) is 5.00. The lowest BCUT2D eigenvalue weighted by Crippen LogP contribution is -2.49. The summed E-state index contributed by atoms with van der Waals surface area (Å²) in [6.07, 6.45) is 3.25. The summed E-state index contributed by atoms with van der Waals surface area (Å²) in [5.41, 5.74) is 6.16. The van der Waals surface area contributed by atoms with Crippen LogP contribution in [0.2, 0.25) is 0 Å². The number of nitrogens with two attached hydrogens (primary N) is 1. The van der Waals surface area contributed by atoms with Crippen LogP contribution in [-0.2, 0) is 11.3 Å². The van der Waals surface area contributed by atoms with Crippen molar-refractivity contribution in [3.05, 3.63) is 12.4 Å². The highest BCUT2D eigenvalue weighted by molar-refractivity contribution is 8.00. The van der Waals surface area contributed by atoms with Crippen molar-refractivity contribution < 1.29 is 4.79 Å². The van der Waals surface area contributed by atoms with Crippen molar-refractivity contribution >= 4 is 23.4 Å². The van der Waals surface area contributed by atoms with Crippen molar-refractivity contribution in [3.63, 3.8) is 0 Å². The van der Waals surface area contributed by atoms with Gasteiger partial charge in [0.15, 0.2) is 0 Å². The number of hydrogen-bond acceptors (Lipinski definition) is 4. The summed E-state index contributed by atoms with van der Waals surface area (Å²) in [5, 5.41) is 4.53. The third-order valence-corrected chi connectivity index (χ3v) is 4.49. The summed E-state index contributed by atoms with van der Waals surface area (Å²) in [7, 11) is 0. The summed E-state index contributed by atoms with van der Waals surface area (Å²) < 4.78 is 1.59. The summed E-state index contributed by atoms with van der Waals surface area (Å²) in [6, 6.07) is 0.286. The van der Waals surface area contributed by atoms with Gasteiger partial charge in [-0.05, 0) is 6.92 Å². The van der Waals surface area contributed by atoms with Crippen LogP contribution in [0.15, 0.2) is 12.4 Å². The predicted molar refractivity (Wildman–Crippen MR) is 69.7 cm³/mol. The van der Waals surface area contributed by atoms with Crippen LogP contribution in [0, 0.1) is 0 Å². The van der Waals surface area contributed by atoms with E-state index < -0.39 is 0 Å². The van der Waals surface area contributed by atoms with Crippen LogP contribution in [0.25, 0.3) is 0 Å². The van der Waals surface area contributed by atoms with Crippen molar-refractivity contribution in [2.24, 2.45) is 0 Å². The van der Waals surface area contributed by atoms with Gasteiger partial charge in [-0.25, -0.2) is 0 Å². The lowest BCUT2D eigenvalue weighted by molar-refractivity contribution is -0.133. The highest BCUT2D eigenvalue weighted by Gasteiger charge is 2.28. The molecule has 6 heteroatoms. The molecule has 2 heterocycles. The maximum absolute atomic E-state index is 12.1. The number of rotatable bonds is 2. The van der Waals surface area contributed by atoms with E-state index in [9.17, 15) is 4.79 Å². The number of carbonyl (C=O) groups is 1. The number of thioether (sulfide) groups is 1. The van der Waals surface area contributed by atoms with Gasteiger partial charge >= 0.3 is 0 Å². The van der Waals surface area contributed by atoms with Gasteiger partial charge in [0.2, 0.25) is 5.91 Å². The molecule has 1 aliphatic rings. The molecule has 2 atom stereocenters. The monoisotopic (exact) mass is 254 g/mol. The van der Waals surface area contributed by atoms with E-state index in [-0.39, 0.29) is 18.5 Å². The zero-order chi connectivity index (χ0) is 12.4. The van der Waals surface area contributed by atoms with E-state index in [1.54, 1.807) is 17.1 Å². The van der Waals surface area contributed by atoms with Gasteiger partial charge in [0.1, 0.15) is 6.54 Å². The number of anilines is 1. The van der Waals surface area contributed by atoms with Crippen LogP contribution in [0.1, 0.15) is 13.8 Å². The minimum Gasteiger partial charge on any atom is -0.396 e. The first-order valence-corrected chi connectivity index (χ1v) is 6.82. The molecule has 94 valence electrons. The first kappa shape index (κ1) is 12.3. The maximum atomic E-state index is 12.1. The SMILES string of the molecule is CC1SCCN(C(=O)Cn2cc(N)cn2)C1C. The fraction of sp³-hybridized carbons (Fsp3) is 0.636. The van der Waals surface area contributed by atoms with Gasteiger partial charge in [-0.3, -0.25) is 9.48 Å². The van der Waals surface area contributed by atoms with Crippen molar-refractivity contribution in [1.82, 2.24) is 14.7 Å². The van der Waals surface area contributed by atoms with Gasteiger partial charge in [0.25, 0.3) is 0 Å². The third-order valence-electron chi connectivity index (χ3n) is 3.15. The van der Waals surface area contributed by atoms with Gasteiger partial charge in [-0.15, -0.1) is 0 Å². The number of aromatic nitrogens is 2. The standard InChI is InChI=1S/C11H18N4OS/c1-8-9(2)17-4-3-15(8)11(16)7-14-6-10(12)5-13-14/h5-6,8-9H,3-4,7,12H2,1-2H3. The summed E-state index contributed by atoms with van der Waals surface area (Å²) >= 11 is 1.92. The molecule has 1 saturated heterocycles. The average Bonchev–Trinajstić information content (AvgIpc) is 2.68. The maximum Gasteiger partial charge on any atom is 0.244 e. The minimum atomic E-state index is 0.118. The molecule has 1 aliphatic heterocycles. The first-order chi connectivity index (χ1) is 8.08. The van der Waals surface area contributed by atoms with Crippen molar-refractivity contribution in [1.29, 1.82) is 0 Å². The zero-order valence-corrected chi connectivity index (χ0v) is 11.0. The van der Waals surface area contributed by atoms with Crippen LogP contribution in [0.3, 0.4) is 0 Å².